The van der Waals surface area contributed by atoms with Crippen molar-refractivity contribution in [2.45, 2.75) is 20.4 Å². The molecule has 148 valence electrons. The lowest BCUT2D eigenvalue weighted by Crippen LogP contribution is -2.21. The zero-order valence-corrected chi connectivity index (χ0v) is 16.6. The molecule has 0 atom stereocenters. The molecule has 0 aliphatic heterocycles. The van der Waals surface area contributed by atoms with E-state index in [1.54, 1.807) is 25.4 Å². The van der Waals surface area contributed by atoms with Crippen LogP contribution in [0, 0.1) is 12.7 Å². The Morgan fingerprint density at radius 1 is 1.32 bits per heavy atom. The summed E-state index contributed by atoms with van der Waals surface area (Å²) in [5.41, 5.74) is 2.83. The molecule has 0 amide bonds. The first-order valence-corrected chi connectivity index (χ1v) is 9.23. The van der Waals surface area contributed by atoms with Crippen molar-refractivity contribution >= 4 is 28.2 Å². The molecule has 0 bridgehead atoms. The van der Waals surface area contributed by atoms with Crippen LogP contribution in [0.3, 0.4) is 0 Å². The van der Waals surface area contributed by atoms with Crippen LogP contribution in [0.25, 0.3) is 10.9 Å². The first-order chi connectivity index (χ1) is 13.4. The number of ether oxygens (including phenoxy) is 1. The van der Waals surface area contributed by atoms with Crippen molar-refractivity contribution in [1.29, 1.82) is 0 Å². The normalized spacial score (nSPS) is 11.2. The van der Waals surface area contributed by atoms with Crippen LogP contribution in [-0.4, -0.2) is 47.7 Å². The lowest BCUT2D eigenvalue weighted by atomic mass is 10.2. The Kier molecular flexibility index (Phi) is 5.94. The molecular formula is C21H25FN4O2. The number of halogens is 1. The van der Waals surface area contributed by atoms with Crippen molar-refractivity contribution in [2.24, 2.45) is 0 Å². The van der Waals surface area contributed by atoms with Crippen LogP contribution in [0.15, 0.2) is 36.7 Å². The summed E-state index contributed by atoms with van der Waals surface area (Å²) in [4.78, 5) is 19.1. The fraction of sp³-hybridized carbons (Fsp3) is 0.333. The highest BCUT2D eigenvalue weighted by Crippen LogP contribution is 2.34. The topological polar surface area (TPSA) is 59.4 Å². The number of pyridine rings is 1. The number of anilines is 2. The third kappa shape index (κ3) is 3.99. The number of fused-ring (bicyclic) bond motifs is 1. The van der Waals surface area contributed by atoms with E-state index in [1.807, 2.05) is 42.6 Å². The van der Waals surface area contributed by atoms with Crippen molar-refractivity contribution in [1.82, 2.24) is 14.5 Å². The van der Waals surface area contributed by atoms with Crippen LogP contribution in [0.2, 0.25) is 0 Å². The lowest BCUT2D eigenvalue weighted by molar-refractivity contribution is 0.0515. The number of benzene rings is 1. The number of nitrogens with one attached hydrogen (secondary N) is 1. The Hall–Kier alpha value is -2.93. The van der Waals surface area contributed by atoms with Gasteiger partial charge in [0.15, 0.2) is 5.69 Å². The molecule has 2 aromatic heterocycles. The maximum Gasteiger partial charge on any atom is 0.357 e. The van der Waals surface area contributed by atoms with Crippen LogP contribution in [0.5, 0.6) is 0 Å². The highest BCUT2D eigenvalue weighted by Gasteiger charge is 2.25. The van der Waals surface area contributed by atoms with E-state index in [0.29, 0.717) is 23.6 Å². The van der Waals surface area contributed by atoms with Gasteiger partial charge in [-0.2, -0.15) is 0 Å². The lowest BCUT2D eigenvalue weighted by Gasteiger charge is -2.15. The minimum atomic E-state index is -0.451. The van der Waals surface area contributed by atoms with Gasteiger partial charge >= 0.3 is 5.97 Å². The van der Waals surface area contributed by atoms with Gasteiger partial charge in [0, 0.05) is 30.9 Å². The molecule has 0 radical (unpaired) electrons. The number of rotatable bonds is 7. The molecule has 3 aromatic rings. The summed E-state index contributed by atoms with van der Waals surface area (Å²) in [7, 11) is 3.94. The average Bonchev–Trinajstić information content (AvgIpc) is 2.96. The molecule has 0 unspecified atom stereocenters. The fourth-order valence-electron chi connectivity index (χ4n) is 3.12. The van der Waals surface area contributed by atoms with Crippen molar-refractivity contribution in [3.8, 4) is 0 Å². The number of carbonyl (C=O) groups is 1. The maximum atomic E-state index is 14.5. The van der Waals surface area contributed by atoms with Crippen molar-refractivity contribution in [3.63, 3.8) is 0 Å². The highest BCUT2D eigenvalue weighted by atomic mass is 19.1. The second kappa shape index (κ2) is 8.39. The number of hydrogen-bond donors (Lipinski definition) is 1. The molecular weight excluding hydrogens is 359 g/mol. The van der Waals surface area contributed by atoms with Gasteiger partial charge in [0.25, 0.3) is 0 Å². The standard InChI is InChI=1S/C21H25FN4O2/c1-5-28-21(27)20-19(24-17-7-6-14(2)12-16(17)22)15-13-23-9-8-18(15)26(20)11-10-25(3)4/h6-9,12-13,24H,5,10-11H2,1-4H3. The molecule has 0 fully saturated rings. The quantitative estimate of drug-likeness (QED) is 0.625. The Labute approximate surface area is 163 Å². The van der Waals surface area contributed by atoms with E-state index in [1.165, 1.54) is 6.07 Å². The van der Waals surface area contributed by atoms with E-state index in [0.717, 1.165) is 23.0 Å². The largest absolute Gasteiger partial charge is 0.461 e. The van der Waals surface area contributed by atoms with E-state index < -0.39 is 5.97 Å². The molecule has 1 N–H and O–H groups in total. The van der Waals surface area contributed by atoms with E-state index in [2.05, 4.69) is 10.3 Å². The van der Waals surface area contributed by atoms with E-state index in [9.17, 15) is 9.18 Å². The summed E-state index contributed by atoms with van der Waals surface area (Å²) in [6, 6.07) is 6.79. The summed E-state index contributed by atoms with van der Waals surface area (Å²) in [6.07, 6.45) is 3.36. The first-order valence-electron chi connectivity index (χ1n) is 9.23. The van der Waals surface area contributed by atoms with Gasteiger partial charge in [-0.15, -0.1) is 0 Å². The van der Waals surface area contributed by atoms with Crippen molar-refractivity contribution in [2.75, 3.05) is 32.6 Å². The smallest absolute Gasteiger partial charge is 0.357 e. The van der Waals surface area contributed by atoms with Gasteiger partial charge in [0.2, 0.25) is 0 Å². The Morgan fingerprint density at radius 2 is 2.11 bits per heavy atom. The molecule has 0 saturated heterocycles. The summed E-state index contributed by atoms with van der Waals surface area (Å²) in [6.45, 7) is 5.16. The zero-order chi connectivity index (χ0) is 20.3. The third-order valence-electron chi connectivity index (χ3n) is 4.49. The van der Waals surface area contributed by atoms with Crippen LogP contribution >= 0.6 is 0 Å². The molecule has 1 aromatic carbocycles. The van der Waals surface area contributed by atoms with Crippen molar-refractivity contribution < 1.29 is 13.9 Å². The van der Waals surface area contributed by atoms with Gasteiger partial charge in [-0.3, -0.25) is 4.98 Å². The van der Waals surface area contributed by atoms with Crippen LogP contribution < -0.4 is 5.32 Å². The predicted molar refractivity (Wildman–Crippen MR) is 109 cm³/mol. The van der Waals surface area contributed by atoms with Gasteiger partial charge in [0.05, 0.1) is 23.5 Å². The number of aromatic nitrogens is 2. The first kappa shape index (κ1) is 19.8. The van der Waals surface area contributed by atoms with Crippen LogP contribution in [0.1, 0.15) is 23.0 Å². The van der Waals surface area contributed by atoms with Gasteiger partial charge in [-0.05, 0) is 51.7 Å². The Balaban J connectivity index is 2.18. The van der Waals surface area contributed by atoms with Gasteiger partial charge in [-0.1, -0.05) is 6.07 Å². The Bertz CT molecular complexity index is 997. The highest BCUT2D eigenvalue weighted by molar-refractivity contribution is 6.07. The fourth-order valence-corrected chi connectivity index (χ4v) is 3.12. The van der Waals surface area contributed by atoms with Gasteiger partial charge < -0.3 is 19.5 Å². The molecule has 0 aliphatic carbocycles. The average molecular weight is 384 g/mol. The maximum absolute atomic E-state index is 14.5. The summed E-state index contributed by atoms with van der Waals surface area (Å²) < 4.78 is 21.7. The van der Waals surface area contributed by atoms with E-state index in [4.69, 9.17) is 4.74 Å². The summed E-state index contributed by atoms with van der Waals surface area (Å²) >= 11 is 0. The van der Waals surface area contributed by atoms with Gasteiger partial charge in [-0.25, -0.2) is 9.18 Å². The van der Waals surface area contributed by atoms with Crippen molar-refractivity contribution in [3.05, 3.63) is 53.7 Å². The minimum Gasteiger partial charge on any atom is -0.461 e. The van der Waals surface area contributed by atoms with E-state index >= 15 is 0 Å². The SMILES string of the molecule is CCOC(=O)c1c(Nc2ccc(C)cc2F)c2cnccc2n1CCN(C)C. The van der Waals surface area contributed by atoms with Crippen LogP contribution in [0.4, 0.5) is 15.8 Å². The molecule has 3 rings (SSSR count). The molecule has 6 nitrogen and oxygen atoms in total. The van der Waals surface area contributed by atoms with Crippen LogP contribution in [-0.2, 0) is 11.3 Å². The van der Waals surface area contributed by atoms with E-state index in [-0.39, 0.29) is 12.4 Å². The molecule has 28 heavy (non-hydrogen) atoms. The predicted octanol–water partition coefficient (Wildman–Crippen LogP) is 3.97. The summed E-state index contributed by atoms with van der Waals surface area (Å²) in [5, 5.41) is 3.85. The number of esters is 1. The molecule has 0 saturated carbocycles. The second-order valence-corrected chi connectivity index (χ2v) is 6.90. The number of hydrogen-bond acceptors (Lipinski definition) is 5. The van der Waals surface area contributed by atoms with Gasteiger partial charge in [0.1, 0.15) is 5.82 Å². The third-order valence-corrected chi connectivity index (χ3v) is 4.49. The summed E-state index contributed by atoms with van der Waals surface area (Å²) in [5.74, 6) is -0.833. The number of carbonyl (C=O) groups excluding carboxylic acids is 1. The zero-order valence-electron chi connectivity index (χ0n) is 16.6. The second-order valence-electron chi connectivity index (χ2n) is 6.90. The molecule has 0 aliphatic rings. The molecule has 7 heteroatoms. The minimum absolute atomic E-state index is 0.255. The monoisotopic (exact) mass is 384 g/mol. The number of aryl methyl sites for hydroxylation is 1. The molecule has 2 heterocycles. The molecule has 0 spiro atoms. The number of likely N-dealkylation sites (N-methyl/N-ethyl adjacent to an activating group) is 1. The Morgan fingerprint density at radius 3 is 2.79 bits per heavy atom. The number of nitrogens with zero attached hydrogens (tertiary/aromatic N) is 3.